The van der Waals surface area contributed by atoms with E-state index in [-0.39, 0.29) is 24.5 Å². The maximum atomic E-state index is 13.1. The summed E-state index contributed by atoms with van der Waals surface area (Å²) >= 11 is 0. The molecular weight excluding hydrogens is 210 g/mol. The molecule has 3 heteroatoms. The molecule has 1 rings (SSSR count). The molecule has 0 N–H and O–H groups in total. The predicted molar refractivity (Wildman–Crippen MR) is 61.7 cm³/mol. The molecule has 0 aromatic heterocycles. The van der Waals surface area contributed by atoms with Gasteiger partial charge in [0.2, 0.25) is 0 Å². The largest absolute Gasteiger partial charge is 0.376 e. The Hall–Kier alpha value is -0.440. The average molecular weight is 232 g/mol. The zero-order valence-electron chi connectivity index (χ0n) is 10.2. The lowest BCUT2D eigenvalue weighted by molar-refractivity contribution is -0.0335. The second-order valence-corrected chi connectivity index (χ2v) is 5.00. The van der Waals surface area contributed by atoms with Gasteiger partial charge in [-0.25, -0.2) is 8.78 Å². The molecule has 0 atom stereocenters. The van der Waals surface area contributed by atoms with E-state index in [0.717, 1.165) is 31.8 Å². The molecule has 0 aliphatic heterocycles. The van der Waals surface area contributed by atoms with Gasteiger partial charge in [0.15, 0.2) is 0 Å². The second-order valence-electron chi connectivity index (χ2n) is 5.00. The highest BCUT2D eigenvalue weighted by Crippen LogP contribution is 2.35. The fraction of sp³-hybridized carbons (Fsp3) is 0.846. The minimum atomic E-state index is -2.70. The Morgan fingerprint density at radius 3 is 2.31 bits per heavy atom. The van der Waals surface area contributed by atoms with E-state index in [1.54, 1.807) is 0 Å². The first-order valence-electron chi connectivity index (χ1n) is 6.10. The van der Waals surface area contributed by atoms with E-state index in [2.05, 4.69) is 6.58 Å². The van der Waals surface area contributed by atoms with Crippen LogP contribution in [0.4, 0.5) is 8.78 Å². The fourth-order valence-corrected chi connectivity index (χ4v) is 2.33. The van der Waals surface area contributed by atoms with Crippen molar-refractivity contribution < 1.29 is 13.5 Å². The van der Waals surface area contributed by atoms with E-state index in [4.69, 9.17) is 4.74 Å². The Labute approximate surface area is 96.9 Å². The molecule has 0 spiro atoms. The third kappa shape index (κ3) is 4.60. The topological polar surface area (TPSA) is 9.23 Å². The maximum absolute atomic E-state index is 13.1. The zero-order chi connectivity index (χ0) is 12.2. The molecule has 0 heterocycles. The van der Waals surface area contributed by atoms with Crippen molar-refractivity contribution >= 4 is 0 Å². The Bertz CT molecular complexity index is 218. The molecule has 0 radical (unpaired) electrons. The van der Waals surface area contributed by atoms with Gasteiger partial charge in [-0.05, 0) is 51.5 Å². The predicted octanol–water partition coefficient (Wildman–Crippen LogP) is 4.18. The summed E-state index contributed by atoms with van der Waals surface area (Å²) in [7, 11) is 0. The molecule has 1 nitrogen and oxygen atoms in total. The van der Waals surface area contributed by atoms with Crippen LogP contribution in [-0.2, 0) is 4.74 Å². The molecular formula is C13H22F2O. The molecule has 0 bridgehead atoms. The van der Waals surface area contributed by atoms with E-state index < -0.39 is 5.92 Å². The van der Waals surface area contributed by atoms with Gasteiger partial charge in [0.25, 0.3) is 5.92 Å². The highest BCUT2D eigenvalue weighted by atomic mass is 19.3. The number of ether oxygens (including phenoxy) is 1. The Kier molecular flexibility index (Phi) is 4.90. The zero-order valence-corrected chi connectivity index (χ0v) is 10.2. The average Bonchev–Trinajstić information content (AvgIpc) is 2.20. The molecule has 1 fully saturated rings. The summed E-state index contributed by atoms with van der Waals surface area (Å²) in [5, 5.41) is 0. The first-order valence-corrected chi connectivity index (χ1v) is 6.10. The number of alkyl halides is 2. The Balaban J connectivity index is 2.29. The van der Waals surface area contributed by atoms with Crippen LogP contribution >= 0.6 is 0 Å². The number of rotatable bonds is 5. The molecule has 1 aliphatic rings. The molecule has 0 saturated heterocycles. The third-order valence-corrected chi connectivity index (χ3v) is 3.12. The Morgan fingerprint density at radius 2 is 1.88 bits per heavy atom. The van der Waals surface area contributed by atoms with E-state index in [9.17, 15) is 8.78 Å². The summed E-state index contributed by atoms with van der Waals surface area (Å²) in [6.07, 6.45) is 4.74. The van der Waals surface area contributed by atoms with Crippen LogP contribution in [0.15, 0.2) is 12.7 Å². The van der Waals surface area contributed by atoms with Gasteiger partial charge in [-0.3, -0.25) is 0 Å². The smallest absolute Gasteiger partial charge is 0.266 e. The van der Waals surface area contributed by atoms with Crippen LogP contribution in [0.1, 0.15) is 46.0 Å². The summed E-state index contributed by atoms with van der Waals surface area (Å²) in [6, 6.07) is 0. The van der Waals surface area contributed by atoms with Gasteiger partial charge < -0.3 is 4.74 Å². The van der Waals surface area contributed by atoms with Gasteiger partial charge in [0.1, 0.15) is 0 Å². The SMILES string of the molecule is C=CC(F)(F)CC1CCC(OC(C)C)CC1. The first-order chi connectivity index (χ1) is 7.43. The normalized spacial score (nSPS) is 27.1. The van der Waals surface area contributed by atoms with E-state index in [1.165, 1.54) is 0 Å². The summed E-state index contributed by atoms with van der Waals surface area (Å²) < 4.78 is 31.9. The number of hydrogen-bond donors (Lipinski definition) is 0. The lowest BCUT2D eigenvalue weighted by Crippen LogP contribution is -2.27. The summed E-state index contributed by atoms with van der Waals surface area (Å²) in [4.78, 5) is 0. The van der Waals surface area contributed by atoms with Crippen molar-refractivity contribution in [3.8, 4) is 0 Å². The Morgan fingerprint density at radius 1 is 1.31 bits per heavy atom. The molecule has 1 aliphatic carbocycles. The minimum absolute atomic E-state index is 0.0507. The summed E-state index contributed by atoms with van der Waals surface area (Å²) in [5.74, 6) is -2.57. The lowest BCUT2D eigenvalue weighted by atomic mass is 9.83. The molecule has 0 aromatic rings. The number of allylic oxidation sites excluding steroid dienone is 1. The lowest BCUT2D eigenvalue weighted by Gasteiger charge is -2.31. The van der Waals surface area contributed by atoms with Crippen molar-refractivity contribution in [3.63, 3.8) is 0 Å². The van der Waals surface area contributed by atoms with Crippen molar-refractivity contribution in [1.82, 2.24) is 0 Å². The summed E-state index contributed by atoms with van der Waals surface area (Å²) in [5.41, 5.74) is 0. The first kappa shape index (κ1) is 13.6. The van der Waals surface area contributed by atoms with E-state index in [1.807, 2.05) is 13.8 Å². The van der Waals surface area contributed by atoms with Gasteiger partial charge >= 0.3 is 0 Å². The standard InChI is InChI=1S/C13H22F2O/c1-4-13(14,15)9-11-5-7-12(8-6-11)16-10(2)3/h4,10-12H,1,5-9H2,2-3H3. The van der Waals surface area contributed by atoms with Gasteiger partial charge in [-0.15, -0.1) is 0 Å². The van der Waals surface area contributed by atoms with E-state index in [0.29, 0.717) is 0 Å². The van der Waals surface area contributed by atoms with Crippen LogP contribution in [-0.4, -0.2) is 18.1 Å². The molecule has 0 aromatic carbocycles. The van der Waals surface area contributed by atoms with Crippen LogP contribution in [0.3, 0.4) is 0 Å². The molecule has 0 amide bonds. The second kappa shape index (κ2) is 5.76. The van der Waals surface area contributed by atoms with E-state index >= 15 is 0 Å². The van der Waals surface area contributed by atoms with Crippen LogP contribution in [0.25, 0.3) is 0 Å². The van der Waals surface area contributed by atoms with Gasteiger partial charge in [0, 0.05) is 6.42 Å². The molecule has 16 heavy (non-hydrogen) atoms. The van der Waals surface area contributed by atoms with Crippen LogP contribution < -0.4 is 0 Å². The maximum Gasteiger partial charge on any atom is 0.266 e. The molecule has 94 valence electrons. The van der Waals surface area contributed by atoms with Crippen LogP contribution in [0, 0.1) is 5.92 Å². The van der Waals surface area contributed by atoms with Gasteiger partial charge in [-0.1, -0.05) is 6.58 Å². The van der Waals surface area contributed by atoms with Crippen LogP contribution in [0.5, 0.6) is 0 Å². The highest BCUT2D eigenvalue weighted by molar-refractivity contribution is 4.90. The van der Waals surface area contributed by atoms with Crippen molar-refractivity contribution in [2.24, 2.45) is 5.92 Å². The quantitative estimate of drug-likeness (QED) is 0.646. The van der Waals surface area contributed by atoms with Crippen LogP contribution in [0.2, 0.25) is 0 Å². The monoisotopic (exact) mass is 232 g/mol. The van der Waals surface area contributed by atoms with Gasteiger partial charge in [0.05, 0.1) is 12.2 Å². The highest BCUT2D eigenvalue weighted by Gasteiger charge is 2.31. The fourth-order valence-electron chi connectivity index (χ4n) is 2.33. The third-order valence-electron chi connectivity index (χ3n) is 3.12. The minimum Gasteiger partial charge on any atom is -0.376 e. The number of halogens is 2. The van der Waals surface area contributed by atoms with Gasteiger partial charge in [-0.2, -0.15) is 0 Å². The van der Waals surface area contributed by atoms with Crippen molar-refractivity contribution in [2.75, 3.05) is 0 Å². The molecule has 1 saturated carbocycles. The van der Waals surface area contributed by atoms with Crippen molar-refractivity contribution in [2.45, 2.75) is 64.1 Å². The van der Waals surface area contributed by atoms with Crippen molar-refractivity contribution in [3.05, 3.63) is 12.7 Å². The van der Waals surface area contributed by atoms with Crippen molar-refractivity contribution in [1.29, 1.82) is 0 Å². The number of hydrogen-bond acceptors (Lipinski definition) is 1. The molecule has 0 unspecified atom stereocenters. The summed E-state index contributed by atoms with van der Waals surface area (Å²) in [6.45, 7) is 7.20.